The SMILES string of the molecule is CCNC(C1=COCCC1)c1ccc(F)c(C)c1. The van der Waals surface area contributed by atoms with Gasteiger partial charge in [-0.3, -0.25) is 0 Å². The fourth-order valence-electron chi connectivity index (χ4n) is 2.31. The van der Waals surface area contributed by atoms with E-state index in [1.165, 1.54) is 5.57 Å². The van der Waals surface area contributed by atoms with Crippen molar-refractivity contribution in [2.45, 2.75) is 32.7 Å². The molecule has 0 spiro atoms. The summed E-state index contributed by atoms with van der Waals surface area (Å²) in [5.74, 6) is -0.150. The zero-order chi connectivity index (χ0) is 13.0. The van der Waals surface area contributed by atoms with Gasteiger partial charge in [0, 0.05) is 0 Å². The van der Waals surface area contributed by atoms with Gasteiger partial charge in [-0.25, -0.2) is 4.39 Å². The van der Waals surface area contributed by atoms with Crippen molar-refractivity contribution in [2.75, 3.05) is 13.2 Å². The molecule has 1 aliphatic rings. The molecule has 0 aliphatic carbocycles. The third-order valence-corrected chi connectivity index (χ3v) is 3.26. The summed E-state index contributed by atoms with van der Waals surface area (Å²) in [4.78, 5) is 0. The van der Waals surface area contributed by atoms with Crippen LogP contribution in [0.25, 0.3) is 0 Å². The highest BCUT2D eigenvalue weighted by molar-refractivity contribution is 5.32. The Labute approximate surface area is 108 Å². The molecule has 2 rings (SSSR count). The number of benzene rings is 1. The number of likely N-dealkylation sites (N-methyl/N-ethyl adjacent to an activating group) is 1. The standard InChI is InChI=1S/C15H20FNO/c1-3-17-15(13-5-4-8-18-10-13)12-6-7-14(16)11(2)9-12/h6-7,9-10,15,17H,3-5,8H2,1-2H3. The van der Waals surface area contributed by atoms with Gasteiger partial charge in [-0.2, -0.15) is 0 Å². The first kappa shape index (κ1) is 13.1. The highest BCUT2D eigenvalue weighted by Gasteiger charge is 2.18. The first-order chi connectivity index (χ1) is 8.72. The molecular weight excluding hydrogens is 229 g/mol. The Morgan fingerprint density at radius 2 is 2.28 bits per heavy atom. The topological polar surface area (TPSA) is 21.3 Å². The molecule has 0 bridgehead atoms. The van der Waals surface area contributed by atoms with Crippen LogP contribution < -0.4 is 5.32 Å². The normalized spacial score (nSPS) is 16.9. The Morgan fingerprint density at radius 1 is 1.44 bits per heavy atom. The van der Waals surface area contributed by atoms with E-state index in [0.29, 0.717) is 5.56 Å². The van der Waals surface area contributed by atoms with Gasteiger partial charge in [-0.15, -0.1) is 0 Å². The van der Waals surface area contributed by atoms with E-state index in [2.05, 4.69) is 12.2 Å². The van der Waals surface area contributed by atoms with Crippen molar-refractivity contribution in [3.63, 3.8) is 0 Å². The molecule has 18 heavy (non-hydrogen) atoms. The van der Waals surface area contributed by atoms with E-state index < -0.39 is 0 Å². The van der Waals surface area contributed by atoms with Crippen LogP contribution in [0.4, 0.5) is 4.39 Å². The van der Waals surface area contributed by atoms with Crippen molar-refractivity contribution in [1.82, 2.24) is 5.32 Å². The second kappa shape index (κ2) is 6.01. The van der Waals surface area contributed by atoms with E-state index in [4.69, 9.17) is 4.74 Å². The average molecular weight is 249 g/mol. The van der Waals surface area contributed by atoms with Crippen molar-refractivity contribution in [2.24, 2.45) is 0 Å². The van der Waals surface area contributed by atoms with Crippen LogP contribution in [0.5, 0.6) is 0 Å². The minimum absolute atomic E-state index is 0.134. The smallest absolute Gasteiger partial charge is 0.126 e. The fraction of sp³-hybridized carbons (Fsp3) is 0.467. The van der Waals surface area contributed by atoms with Crippen LogP contribution in [0.1, 0.15) is 36.9 Å². The molecule has 0 radical (unpaired) electrons. The molecule has 1 heterocycles. The summed E-state index contributed by atoms with van der Waals surface area (Å²) in [6.45, 7) is 5.55. The maximum atomic E-state index is 13.3. The lowest BCUT2D eigenvalue weighted by molar-refractivity contribution is 0.219. The van der Waals surface area contributed by atoms with E-state index in [9.17, 15) is 4.39 Å². The molecule has 1 atom stereocenters. The zero-order valence-corrected chi connectivity index (χ0v) is 11.0. The number of nitrogens with one attached hydrogen (secondary N) is 1. The molecule has 1 N–H and O–H groups in total. The second-order valence-electron chi connectivity index (χ2n) is 4.67. The first-order valence-electron chi connectivity index (χ1n) is 6.52. The predicted octanol–water partition coefficient (Wildman–Crippen LogP) is 3.48. The lowest BCUT2D eigenvalue weighted by Gasteiger charge is -2.24. The van der Waals surface area contributed by atoms with Crippen LogP contribution in [-0.2, 0) is 4.74 Å². The van der Waals surface area contributed by atoms with Crippen molar-refractivity contribution in [3.8, 4) is 0 Å². The van der Waals surface area contributed by atoms with Gasteiger partial charge in [0.1, 0.15) is 5.82 Å². The predicted molar refractivity (Wildman–Crippen MR) is 70.8 cm³/mol. The van der Waals surface area contributed by atoms with Crippen LogP contribution >= 0.6 is 0 Å². The van der Waals surface area contributed by atoms with E-state index in [-0.39, 0.29) is 11.9 Å². The molecule has 3 heteroatoms. The molecule has 0 saturated carbocycles. The van der Waals surface area contributed by atoms with Crippen LogP contribution in [-0.4, -0.2) is 13.2 Å². The molecule has 1 aromatic carbocycles. The van der Waals surface area contributed by atoms with Gasteiger partial charge >= 0.3 is 0 Å². The number of rotatable bonds is 4. The van der Waals surface area contributed by atoms with Crippen molar-refractivity contribution >= 4 is 0 Å². The molecule has 0 amide bonds. The first-order valence-corrected chi connectivity index (χ1v) is 6.52. The Kier molecular flexibility index (Phi) is 4.37. The van der Waals surface area contributed by atoms with Crippen LogP contribution in [0.2, 0.25) is 0 Å². The summed E-state index contributed by atoms with van der Waals surface area (Å²) in [5.41, 5.74) is 3.04. The molecule has 0 aromatic heterocycles. The summed E-state index contributed by atoms with van der Waals surface area (Å²) < 4.78 is 18.7. The molecule has 2 nitrogen and oxygen atoms in total. The van der Waals surface area contributed by atoms with Gasteiger partial charge in [-0.1, -0.05) is 19.1 Å². The lowest BCUT2D eigenvalue weighted by atomic mass is 9.94. The van der Waals surface area contributed by atoms with E-state index in [0.717, 1.165) is 31.6 Å². The molecule has 1 aliphatic heterocycles. The quantitative estimate of drug-likeness (QED) is 0.882. The Morgan fingerprint density at radius 3 is 2.89 bits per heavy atom. The van der Waals surface area contributed by atoms with Crippen LogP contribution in [0.3, 0.4) is 0 Å². The van der Waals surface area contributed by atoms with Crippen molar-refractivity contribution in [1.29, 1.82) is 0 Å². The zero-order valence-electron chi connectivity index (χ0n) is 11.0. The second-order valence-corrected chi connectivity index (χ2v) is 4.67. The number of halogens is 1. The Hall–Kier alpha value is -1.35. The third-order valence-electron chi connectivity index (χ3n) is 3.26. The minimum atomic E-state index is -0.150. The highest BCUT2D eigenvalue weighted by Crippen LogP contribution is 2.28. The van der Waals surface area contributed by atoms with E-state index in [1.807, 2.05) is 18.4 Å². The van der Waals surface area contributed by atoms with Crippen molar-refractivity contribution < 1.29 is 9.13 Å². The van der Waals surface area contributed by atoms with Gasteiger partial charge in [0.05, 0.1) is 18.9 Å². The number of ether oxygens (including phenoxy) is 1. The number of hydrogen-bond donors (Lipinski definition) is 1. The fourth-order valence-corrected chi connectivity index (χ4v) is 2.31. The maximum Gasteiger partial charge on any atom is 0.126 e. The van der Waals surface area contributed by atoms with Crippen LogP contribution in [0.15, 0.2) is 30.0 Å². The highest BCUT2D eigenvalue weighted by atomic mass is 19.1. The minimum Gasteiger partial charge on any atom is -0.501 e. The van der Waals surface area contributed by atoms with Crippen LogP contribution in [0, 0.1) is 12.7 Å². The lowest BCUT2D eigenvalue weighted by Crippen LogP contribution is -2.24. The van der Waals surface area contributed by atoms with Gasteiger partial charge in [0.25, 0.3) is 0 Å². The molecule has 0 fully saturated rings. The molecule has 98 valence electrons. The molecular formula is C15H20FNO. The summed E-state index contributed by atoms with van der Waals surface area (Å²) in [6, 6.07) is 5.44. The van der Waals surface area contributed by atoms with Gasteiger partial charge in [0.15, 0.2) is 0 Å². The number of aryl methyl sites for hydroxylation is 1. The summed E-state index contributed by atoms with van der Waals surface area (Å²) in [7, 11) is 0. The van der Waals surface area contributed by atoms with Gasteiger partial charge < -0.3 is 10.1 Å². The largest absolute Gasteiger partial charge is 0.501 e. The average Bonchev–Trinajstić information content (AvgIpc) is 2.40. The Bertz CT molecular complexity index is 442. The van der Waals surface area contributed by atoms with Gasteiger partial charge in [0.2, 0.25) is 0 Å². The van der Waals surface area contributed by atoms with E-state index in [1.54, 1.807) is 13.0 Å². The summed E-state index contributed by atoms with van der Waals surface area (Å²) in [6.07, 6.45) is 3.94. The van der Waals surface area contributed by atoms with Gasteiger partial charge in [-0.05, 0) is 49.1 Å². The molecule has 1 unspecified atom stereocenters. The maximum absolute atomic E-state index is 13.3. The summed E-state index contributed by atoms with van der Waals surface area (Å²) in [5, 5.41) is 3.44. The molecule has 1 aromatic rings. The number of hydrogen-bond acceptors (Lipinski definition) is 2. The third kappa shape index (κ3) is 2.91. The van der Waals surface area contributed by atoms with Crippen molar-refractivity contribution in [3.05, 3.63) is 47.0 Å². The monoisotopic (exact) mass is 249 g/mol. The van der Waals surface area contributed by atoms with E-state index >= 15 is 0 Å². The molecule has 0 saturated heterocycles. The summed E-state index contributed by atoms with van der Waals surface area (Å²) >= 11 is 0. The Balaban J connectivity index is 2.28.